The second-order valence-corrected chi connectivity index (χ2v) is 9.38. The number of para-hydroxylation sites is 1. The molecular formula is C23H31N3O5S. The van der Waals surface area contributed by atoms with Crippen molar-refractivity contribution in [3.8, 4) is 0 Å². The molecule has 0 fully saturated rings. The number of nitrogens with zero attached hydrogens (tertiary/aromatic N) is 1. The van der Waals surface area contributed by atoms with Crippen molar-refractivity contribution >= 4 is 28.0 Å². The summed E-state index contributed by atoms with van der Waals surface area (Å²) in [5, 5.41) is 10.2. The maximum absolute atomic E-state index is 13.4. The Balaban J connectivity index is 0.000000837. The van der Waals surface area contributed by atoms with Crippen molar-refractivity contribution in [1.82, 2.24) is 10.8 Å². The fourth-order valence-electron chi connectivity index (χ4n) is 3.56. The zero-order valence-electron chi connectivity index (χ0n) is 18.5. The standard InChI is InChI=1S/C22H28N2O3S.CH3NO2/c1-3-4-5-8-15-23-22(25)21-16-18-9-6-7-10-20(18)24(21)28(26,27)19-13-11-17(2)12-14-19;3-1-2-4/h6-7,9-14,21H,3-5,8,15-16H2,1-2H3,(H,23,25);1,4H,(H,2,3). The Kier molecular flexibility index (Phi) is 9.67. The minimum Gasteiger partial charge on any atom is -0.354 e. The van der Waals surface area contributed by atoms with Crippen molar-refractivity contribution in [2.75, 3.05) is 10.8 Å². The van der Waals surface area contributed by atoms with E-state index < -0.39 is 16.1 Å². The molecule has 3 rings (SSSR count). The lowest BCUT2D eigenvalue weighted by atomic mass is 10.1. The van der Waals surface area contributed by atoms with Crippen molar-refractivity contribution in [1.29, 1.82) is 0 Å². The first-order chi connectivity index (χ1) is 15.4. The molecule has 174 valence electrons. The fourth-order valence-corrected chi connectivity index (χ4v) is 5.21. The molecule has 0 saturated heterocycles. The van der Waals surface area contributed by atoms with Gasteiger partial charge in [0.1, 0.15) is 6.04 Å². The molecule has 0 aliphatic carbocycles. The van der Waals surface area contributed by atoms with Crippen molar-refractivity contribution in [3.05, 3.63) is 59.7 Å². The predicted octanol–water partition coefficient (Wildman–Crippen LogP) is 2.93. The van der Waals surface area contributed by atoms with E-state index in [0.29, 0.717) is 18.7 Å². The van der Waals surface area contributed by atoms with Gasteiger partial charge in [-0.2, -0.15) is 0 Å². The van der Waals surface area contributed by atoms with E-state index in [2.05, 4.69) is 12.2 Å². The second-order valence-electron chi connectivity index (χ2n) is 7.56. The minimum atomic E-state index is -3.83. The van der Waals surface area contributed by atoms with Crippen LogP contribution in [-0.4, -0.2) is 38.5 Å². The zero-order chi connectivity index (χ0) is 23.6. The van der Waals surface area contributed by atoms with Crippen molar-refractivity contribution in [2.45, 2.75) is 56.9 Å². The number of nitrogens with one attached hydrogen (secondary N) is 2. The number of carbonyl (C=O) groups excluding carboxylic acids is 2. The SMILES string of the molecule is CCCCCCNC(=O)C1Cc2ccccc2N1S(=O)(=O)c1ccc(C)cc1.O=CNO. The number of benzene rings is 2. The van der Waals surface area contributed by atoms with Gasteiger partial charge in [0.25, 0.3) is 10.0 Å². The van der Waals surface area contributed by atoms with Crippen LogP contribution in [0.3, 0.4) is 0 Å². The highest BCUT2D eigenvalue weighted by Crippen LogP contribution is 2.36. The van der Waals surface area contributed by atoms with Gasteiger partial charge in [0.05, 0.1) is 10.6 Å². The highest BCUT2D eigenvalue weighted by molar-refractivity contribution is 7.93. The molecule has 0 spiro atoms. The fraction of sp³-hybridized carbons (Fsp3) is 0.391. The highest BCUT2D eigenvalue weighted by Gasteiger charge is 2.41. The molecule has 9 heteroatoms. The van der Waals surface area contributed by atoms with Crippen LogP contribution in [-0.2, 0) is 26.0 Å². The Labute approximate surface area is 189 Å². The summed E-state index contributed by atoms with van der Waals surface area (Å²) in [5.74, 6) is -0.233. The first kappa shape index (κ1) is 25.4. The quantitative estimate of drug-likeness (QED) is 0.230. The number of anilines is 1. The number of hydrogen-bond acceptors (Lipinski definition) is 5. The lowest BCUT2D eigenvalue weighted by Crippen LogP contribution is -2.48. The molecule has 8 nitrogen and oxygen atoms in total. The Morgan fingerprint density at radius 3 is 2.41 bits per heavy atom. The molecule has 2 aromatic carbocycles. The maximum Gasteiger partial charge on any atom is 0.265 e. The van der Waals surface area contributed by atoms with Gasteiger partial charge in [-0.3, -0.25) is 19.1 Å². The van der Waals surface area contributed by atoms with E-state index >= 15 is 0 Å². The smallest absolute Gasteiger partial charge is 0.265 e. The Morgan fingerprint density at radius 2 is 1.78 bits per heavy atom. The Bertz CT molecular complexity index is 993. The molecule has 0 bridgehead atoms. The van der Waals surface area contributed by atoms with Crippen LogP contribution in [0.5, 0.6) is 0 Å². The molecule has 1 unspecified atom stereocenters. The third-order valence-electron chi connectivity index (χ3n) is 5.19. The number of aryl methyl sites for hydroxylation is 1. The van der Waals surface area contributed by atoms with Crippen LogP contribution in [0.1, 0.15) is 43.7 Å². The van der Waals surface area contributed by atoms with Crippen LogP contribution in [0.25, 0.3) is 0 Å². The third-order valence-corrected chi connectivity index (χ3v) is 7.03. The molecular weight excluding hydrogens is 430 g/mol. The summed E-state index contributed by atoms with van der Waals surface area (Å²) in [5.41, 5.74) is 3.71. The summed E-state index contributed by atoms with van der Waals surface area (Å²) in [6, 6.07) is 13.3. The number of hydroxylamine groups is 1. The summed E-state index contributed by atoms with van der Waals surface area (Å²) < 4.78 is 28.1. The van der Waals surface area contributed by atoms with Crippen molar-refractivity contribution in [3.63, 3.8) is 0 Å². The average molecular weight is 462 g/mol. The molecule has 0 saturated carbocycles. The van der Waals surface area contributed by atoms with Crippen LogP contribution in [0.4, 0.5) is 5.69 Å². The van der Waals surface area contributed by atoms with Gasteiger partial charge in [0, 0.05) is 13.0 Å². The number of rotatable bonds is 9. The number of carbonyl (C=O) groups is 2. The van der Waals surface area contributed by atoms with Crippen molar-refractivity contribution in [2.24, 2.45) is 0 Å². The van der Waals surface area contributed by atoms with Crippen LogP contribution in [0, 0.1) is 6.92 Å². The van der Waals surface area contributed by atoms with Gasteiger partial charge in [0.15, 0.2) is 0 Å². The van der Waals surface area contributed by atoms with Gasteiger partial charge in [-0.15, -0.1) is 0 Å². The molecule has 2 amide bonds. The minimum absolute atomic E-state index is 0.181. The Morgan fingerprint density at radius 1 is 1.12 bits per heavy atom. The molecule has 1 aliphatic heterocycles. The predicted molar refractivity (Wildman–Crippen MR) is 123 cm³/mol. The molecule has 0 radical (unpaired) electrons. The highest BCUT2D eigenvalue weighted by atomic mass is 32.2. The maximum atomic E-state index is 13.4. The molecule has 0 aromatic heterocycles. The van der Waals surface area contributed by atoms with E-state index in [1.807, 2.05) is 25.1 Å². The summed E-state index contributed by atoms with van der Waals surface area (Å²) in [6.45, 7) is 4.63. The van der Waals surface area contributed by atoms with Gasteiger partial charge in [-0.25, -0.2) is 13.9 Å². The van der Waals surface area contributed by atoms with E-state index in [1.165, 1.54) is 9.79 Å². The first-order valence-corrected chi connectivity index (χ1v) is 12.1. The van der Waals surface area contributed by atoms with E-state index in [-0.39, 0.29) is 17.2 Å². The van der Waals surface area contributed by atoms with Crippen molar-refractivity contribution < 1.29 is 23.2 Å². The number of hydrogen-bond donors (Lipinski definition) is 3. The second kappa shape index (κ2) is 12.2. The van der Waals surface area contributed by atoms with Crippen LogP contribution in [0.2, 0.25) is 0 Å². The zero-order valence-corrected chi connectivity index (χ0v) is 19.3. The normalized spacial score (nSPS) is 14.7. The Hall–Kier alpha value is -2.91. The number of fused-ring (bicyclic) bond motifs is 1. The lowest BCUT2D eigenvalue weighted by molar-refractivity contribution is -0.122. The van der Waals surface area contributed by atoms with Crippen LogP contribution >= 0.6 is 0 Å². The van der Waals surface area contributed by atoms with Crippen LogP contribution in [0.15, 0.2) is 53.4 Å². The van der Waals surface area contributed by atoms with Gasteiger partial charge in [0.2, 0.25) is 12.3 Å². The van der Waals surface area contributed by atoms with Gasteiger partial charge >= 0.3 is 0 Å². The van der Waals surface area contributed by atoms with Gasteiger partial charge in [-0.1, -0.05) is 62.1 Å². The van der Waals surface area contributed by atoms with E-state index in [1.54, 1.807) is 30.3 Å². The van der Waals surface area contributed by atoms with E-state index in [4.69, 9.17) is 10.0 Å². The van der Waals surface area contributed by atoms with E-state index in [0.717, 1.165) is 36.8 Å². The molecule has 1 atom stereocenters. The monoisotopic (exact) mass is 461 g/mol. The van der Waals surface area contributed by atoms with Crippen LogP contribution < -0.4 is 15.1 Å². The van der Waals surface area contributed by atoms with Gasteiger partial charge < -0.3 is 5.32 Å². The topological polar surface area (TPSA) is 116 Å². The summed E-state index contributed by atoms with van der Waals surface area (Å²) >= 11 is 0. The number of amides is 2. The summed E-state index contributed by atoms with van der Waals surface area (Å²) in [7, 11) is -3.83. The largest absolute Gasteiger partial charge is 0.354 e. The van der Waals surface area contributed by atoms with Gasteiger partial charge in [-0.05, 0) is 37.1 Å². The summed E-state index contributed by atoms with van der Waals surface area (Å²) in [4.78, 5) is 21.9. The number of sulfonamides is 1. The number of unbranched alkanes of at least 4 members (excludes halogenated alkanes) is 3. The molecule has 32 heavy (non-hydrogen) atoms. The first-order valence-electron chi connectivity index (χ1n) is 10.7. The van der Waals surface area contributed by atoms with E-state index in [9.17, 15) is 13.2 Å². The molecule has 1 aliphatic rings. The molecule has 3 N–H and O–H groups in total. The molecule has 2 aromatic rings. The third kappa shape index (κ3) is 6.30. The molecule has 1 heterocycles. The lowest BCUT2D eigenvalue weighted by Gasteiger charge is -2.26. The summed E-state index contributed by atoms with van der Waals surface area (Å²) in [6.07, 6.45) is 4.81. The average Bonchev–Trinajstić information content (AvgIpc) is 3.20.